The van der Waals surface area contributed by atoms with E-state index in [2.05, 4.69) is 9.55 Å². The number of rotatable bonds is 3. The number of imidazole rings is 1. The second-order valence-electron chi connectivity index (χ2n) is 5.46. The Morgan fingerprint density at radius 2 is 2.10 bits per heavy atom. The molecule has 0 fully saturated rings. The summed E-state index contributed by atoms with van der Waals surface area (Å²) < 4.78 is 2.07. The molecule has 5 heteroatoms. The Morgan fingerprint density at radius 3 is 2.86 bits per heavy atom. The molecule has 110 valence electrons. The summed E-state index contributed by atoms with van der Waals surface area (Å²) in [6.07, 6.45) is 1.36. The molecule has 0 unspecified atom stereocenters. The van der Waals surface area contributed by atoms with Gasteiger partial charge in [0.1, 0.15) is 11.9 Å². The fourth-order valence-corrected chi connectivity index (χ4v) is 2.72. The lowest BCUT2D eigenvalue weighted by molar-refractivity contribution is -0.141. The Bertz CT molecular complexity index is 636. The van der Waals surface area contributed by atoms with Crippen molar-refractivity contribution in [3.63, 3.8) is 0 Å². The highest BCUT2D eigenvalue weighted by atomic mass is 16.3. The van der Waals surface area contributed by atoms with Crippen LogP contribution in [0.4, 0.5) is 0 Å². The first-order valence-corrected chi connectivity index (χ1v) is 7.17. The molecular weight excluding hydrogens is 266 g/mol. The summed E-state index contributed by atoms with van der Waals surface area (Å²) in [4.78, 5) is 18.5. The fourth-order valence-electron chi connectivity index (χ4n) is 2.72. The quantitative estimate of drug-likeness (QED) is 0.920. The first kappa shape index (κ1) is 13.8. The molecule has 0 bridgehead atoms. The van der Waals surface area contributed by atoms with Gasteiger partial charge in [-0.3, -0.25) is 4.79 Å². The van der Waals surface area contributed by atoms with Crippen molar-refractivity contribution in [2.75, 3.05) is 6.54 Å². The SMILES string of the molecule is Cc1cn2c(n1)CN(C(=O)[C@@H](O)Cc1ccccc1)CC2. The maximum atomic E-state index is 12.4. The number of benzene rings is 1. The topological polar surface area (TPSA) is 58.4 Å². The van der Waals surface area contributed by atoms with E-state index < -0.39 is 6.10 Å². The standard InChI is InChI=1S/C16H19N3O2/c1-12-10-18-7-8-19(11-15(18)17-12)16(21)14(20)9-13-5-3-2-4-6-13/h2-6,10,14,20H,7-9,11H2,1H3/t14-/m0/s1. The van der Waals surface area contributed by atoms with Gasteiger partial charge in [-0.1, -0.05) is 30.3 Å². The van der Waals surface area contributed by atoms with Gasteiger partial charge in [-0.05, 0) is 12.5 Å². The second-order valence-corrected chi connectivity index (χ2v) is 5.46. The highest BCUT2D eigenvalue weighted by molar-refractivity contribution is 5.81. The molecular formula is C16H19N3O2. The molecule has 0 radical (unpaired) electrons. The predicted molar refractivity (Wildman–Crippen MR) is 78.5 cm³/mol. The van der Waals surface area contributed by atoms with Gasteiger partial charge in [0.25, 0.3) is 5.91 Å². The Balaban J connectivity index is 1.66. The Hall–Kier alpha value is -2.14. The minimum absolute atomic E-state index is 0.217. The molecule has 2 heterocycles. The molecule has 1 atom stereocenters. The third-order valence-electron chi connectivity index (χ3n) is 3.79. The number of aliphatic hydroxyl groups excluding tert-OH is 1. The van der Waals surface area contributed by atoms with Gasteiger partial charge in [-0.2, -0.15) is 0 Å². The van der Waals surface area contributed by atoms with E-state index in [0.717, 1.165) is 23.6 Å². The third kappa shape index (κ3) is 2.97. The van der Waals surface area contributed by atoms with Crippen molar-refractivity contribution in [1.29, 1.82) is 0 Å². The van der Waals surface area contributed by atoms with Crippen molar-refractivity contribution >= 4 is 5.91 Å². The molecule has 21 heavy (non-hydrogen) atoms. The van der Waals surface area contributed by atoms with E-state index in [0.29, 0.717) is 19.5 Å². The van der Waals surface area contributed by atoms with Crippen LogP contribution in [0.3, 0.4) is 0 Å². The van der Waals surface area contributed by atoms with Crippen LogP contribution in [-0.2, 0) is 24.3 Å². The Kier molecular flexibility index (Phi) is 3.75. The van der Waals surface area contributed by atoms with E-state index >= 15 is 0 Å². The highest BCUT2D eigenvalue weighted by Crippen LogP contribution is 2.14. The molecule has 1 aromatic carbocycles. The summed E-state index contributed by atoms with van der Waals surface area (Å²) in [5.74, 6) is 0.671. The second kappa shape index (κ2) is 5.69. The largest absolute Gasteiger partial charge is 0.383 e. The first-order valence-electron chi connectivity index (χ1n) is 7.17. The summed E-state index contributed by atoms with van der Waals surface area (Å²) in [6, 6.07) is 9.58. The number of carbonyl (C=O) groups is 1. The van der Waals surface area contributed by atoms with Crippen LogP contribution >= 0.6 is 0 Å². The maximum Gasteiger partial charge on any atom is 0.252 e. The van der Waals surface area contributed by atoms with Gasteiger partial charge in [0.05, 0.1) is 12.2 Å². The summed E-state index contributed by atoms with van der Waals surface area (Å²) >= 11 is 0. The smallest absolute Gasteiger partial charge is 0.252 e. The number of aryl methyl sites for hydroxylation is 1. The molecule has 1 aromatic heterocycles. The van der Waals surface area contributed by atoms with Crippen molar-refractivity contribution in [3.8, 4) is 0 Å². The number of nitrogens with zero attached hydrogens (tertiary/aromatic N) is 3. The van der Waals surface area contributed by atoms with Gasteiger partial charge in [0.2, 0.25) is 0 Å². The van der Waals surface area contributed by atoms with E-state index in [9.17, 15) is 9.90 Å². The minimum Gasteiger partial charge on any atom is -0.383 e. The minimum atomic E-state index is -0.991. The zero-order valence-corrected chi connectivity index (χ0v) is 12.1. The number of hydrogen-bond acceptors (Lipinski definition) is 3. The molecule has 1 aliphatic rings. The summed E-state index contributed by atoms with van der Waals surface area (Å²) in [5.41, 5.74) is 1.93. The lowest BCUT2D eigenvalue weighted by Gasteiger charge is -2.29. The Labute approximate surface area is 123 Å². The lowest BCUT2D eigenvalue weighted by Crippen LogP contribution is -2.44. The van der Waals surface area contributed by atoms with Crippen LogP contribution in [0.1, 0.15) is 17.1 Å². The van der Waals surface area contributed by atoms with Crippen molar-refractivity contribution in [1.82, 2.24) is 14.5 Å². The molecule has 2 aromatic rings. The molecule has 5 nitrogen and oxygen atoms in total. The monoisotopic (exact) mass is 285 g/mol. The van der Waals surface area contributed by atoms with Crippen molar-refractivity contribution < 1.29 is 9.90 Å². The molecule has 0 spiro atoms. The van der Waals surface area contributed by atoms with Crippen LogP contribution in [0.2, 0.25) is 0 Å². The van der Waals surface area contributed by atoms with Gasteiger partial charge >= 0.3 is 0 Å². The number of aliphatic hydroxyl groups is 1. The Morgan fingerprint density at radius 1 is 1.33 bits per heavy atom. The molecule has 0 aliphatic carbocycles. The van der Waals surface area contributed by atoms with Crippen LogP contribution in [-0.4, -0.2) is 38.1 Å². The van der Waals surface area contributed by atoms with Crippen LogP contribution in [0, 0.1) is 6.92 Å². The van der Waals surface area contributed by atoms with Crippen molar-refractivity contribution in [3.05, 3.63) is 53.6 Å². The molecule has 1 N–H and O–H groups in total. The van der Waals surface area contributed by atoms with Crippen molar-refractivity contribution in [2.45, 2.75) is 32.5 Å². The molecule has 0 saturated carbocycles. The van der Waals surface area contributed by atoms with Crippen molar-refractivity contribution in [2.24, 2.45) is 0 Å². The van der Waals surface area contributed by atoms with E-state index in [1.807, 2.05) is 43.5 Å². The molecule has 1 amide bonds. The number of amides is 1. The van der Waals surface area contributed by atoms with Gasteiger partial charge < -0.3 is 14.6 Å². The summed E-state index contributed by atoms with van der Waals surface area (Å²) in [6.45, 7) is 3.77. The molecule has 3 rings (SSSR count). The number of hydrogen-bond donors (Lipinski definition) is 1. The van der Waals surface area contributed by atoms with Gasteiger partial charge in [0.15, 0.2) is 0 Å². The summed E-state index contributed by atoms with van der Waals surface area (Å²) in [5, 5.41) is 10.2. The summed E-state index contributed by atoms with van der Waals surface area (Å²) in [7, 11) is 0. The fraction of sp³-hybridized carbons (Fsp3) is 0.375. The normalized spacial score (nSPS) is 15.6. The molecule has 0 saturated heterocycles. The highest BCUT2D eigenvalue weighted by Gasteiger charge is 2.26. The number of fused-ring (bicyclic) bond motifs is 1. The number of aromatic nitrogens is 2. The lowest BCUT2D eigenvalue weighted by atomic mass is 10.1. The van der Waals surface area contributed by atoms with E-state index in [1.165, 1.54) is 0 Å². The van der Waals surface area contributed by atoms with E-state index in [-0.39, 0.29) is 5.91 Å². The van der Waals surface area contributed by atoms with Crippen LogP contribution in [0.15, 0.2) is 36.5 Å². The zero-order chi connectivity index (χ0) is 14.8. The third-order valence-corrected chi connectivity index (χ3v) is 3.79. The van der Waals surface area contributed by atoms with Crippen LogP contribution in [0.5, 0.6) is 0 Å². The van der Waals surface area contributed by atoms with Gasteiger partial charge in [0, 0.05) is 25.7 Å². The van der Waals surface area contributed by atoms with Crippen LogP contribution in [0.25, 0.3) is 0 Å². The van der Waals surface area contributed by atoms with Gasteiger partial charge in [-0.25, -0.2) is 4.98 Å². The molecule has 1 aliphatic heterocycles. The number of carbonyl (C=O) groups excluding carboxylic acids is 1. The van der Waals surface area contributed by atoms with Gasteiger partial charge in [-0.15, -0.1) is 0 Å². The zero-order valence-electron chi connectivity index (χ0n) is 12.1. The maximum absolute atomic E-state index is 12.4. The van der Waals surface area contributed by atoms with E-state index in [4.69, 9.17) is 0 Å². The average molecular weight is 285 g/mol. The average Bonchev–Trinajstić information content (AvgIpc) is 2.86. The van der Waals surface area contributed by atoms with E-state index in [1.54, 1.807) is 4.90 Å². The predicted octanol–water partition coefficient (Wildman–Crippen LogP) is 1.14. The first-order chi connectivity index (χ1) is 10.1. The van der Waals surface area contributed by atoms with Crippen LogP contribution < -0.4 is 0 Å².